The average Bonchev–Trinajstić information content (AvgIpc) is 2.47. The van der Waals surface area contributed by atoms with E-state index in [9.17, 15) is 19.8 Å². The van der Waals surface area contributed by atoms with Crippen molar-refractivity contribution in [3.05, 3.63) is 0 Å². The fourth-order valence-corrected chi connectivity index (χ4v) is 2.72. The van der Waals surface area contributed by atoms with Crippen LogP contribution >= 0.6 is 0 Å². The highest BCUT2D eigenvalue weighted by Gasteiger charge is 2.63. The number of aliphatic carboxylic acids is 2. The van der Waals surface area contributed by atoms with Crippen LogP contribution in [0.3, 0.4) is 0 Å². The van der Waals surface area contributed by atoms with Gasteiger partial charge < -0.3 is 19.7 Å². The molecular weight excluding hydrogens is 288 g/mol. The molecule has 0 aromatic carbocycles. The number of rotatable bonds is 13. The first-order valence-electron chi connectivity index (χ1n) is 8.13. The number of carboxylic acids is 2. The maximum absolute atomic E-state index is 12.0. The van der Waals surface area contributed by atoms with Gasteiger partial charge in [0.05, 0.1) is 0 Å². The first-order chi connectivity index (χ1) is 10.4. The molecular formula is C16H30O6. The molecule has 0 bridgehead atoms. The molecule has 130 valence electrons. The van der Waals surface area contributed by atoms with Crippen molar-refractivity contribution in [1.29, 1.82) is 0 Å². The van der Waals surface area contributed by atoms with Gasteiger partial charge in [0, 0.05) is 13.2 Å². The molecule has 0 aromatic rings. The lowest BCUT2D eigenvalue weighted by atomic mass is 9.75. The van der Waals surface area contributed by atoms with Crippen LogP contribution in [0.15, 0.2) is 0 Å². The van der Waals surface area contributed by atoms with Gasteiger partial charge in [-0.3, -0.25) is 0 Å². The number of carbonyl (C=O) groups is 2. The van der Waals surface area contributed by atoms with Gasteiger partial charge in [-0.25, -0.2) is 9.59 Å². The zero-order valence-corrected chi connectivity index (χ0v) is 14.2. The highest BCUT2D eigenvalue weighted by molar-refractivity contribution is 5.91. The molecule has 0 saturated carbocycles. The van der Waals surface area contributed by atoms with Gasteiger partial charge in [-0.05, 0) is 25.7 Å². The summed E-state index contributed by atoms with van der Waals surface area (Å²) in [4.78, 5) is 24.1. The van der Waals surface area contributed by atoms with Crippen LogP contribution < -0.4 is 0 Å². The van der Waals surface area contributed by atoms with Crippen molar-refractivity contribution >= 4 is 11.9 Å². The number of carboxylic acid groups (broad SMARTS) is 2. The van der Waals surface area contributed by atoms with Gasteiger partial charge >= 0.3 is 11.9 Å². The molecule has 22 heavy (non-hydrogen) atoms. The van der Waals surface area contributed by atoms with Crippen LogP contribution in [-0.2, 0) is 19.1 Å². The molecule has 2 atom stereocenters. The van der Waals surface area contributed by atoms with E-state index in [0.29, 0.717) is 25.7 Å². The average molecular weight is 318 g/mol. The third-order valence-electron chi connectivity index (χ3n) is 3.65. The molecule has 0 rings (SSSR count). The Morgan fingerprint density at radius 2 is 1.05 bits per heavy atom. The molecule has 0 amide bonds. The van der Waals surface area contributed by atoms with Crippen LogP contribution in [0.1, 0.15) is 66.2 Å². The molecule has 0 aromatic heterocycles. The van der Waals surface area contributed by atoms with Crippen molar-refractivity contribution in [3.8, 4) is 0 Å². The zero-order valence-electron chi connectivity index (χ0n) is 14.2. The Morgan fingerprint density at radius 1 is 0.727 bits per heavy atom. The van der Waals surface area contributed by atoms with E-state index < -0.39 is 23.1 Å². The van der Waals surface area contributed by atoms with Crippen LogP contribution in [0.5, 0.6) is 0 Å². The van der Waals surface area contributed by atoms with Crippen molar-refractivity contribution in [2.75, 3.05) is 13.2 Å². The first-order valence-corrected chi connectivity index (χ1v) is 8.13. The van der Waals surface area contributed by atoms with E-state index in [1.54, 1.807) is 0 Å². The Kier molecular flexibility index (Phi) is 9.28. The molecule has 6 nitrogen and oxygen atoms in total. The summed E-state index contributed by atoms with van der Waals surface area (Å²) in [7, 11) is 0. The van der Waals surface area contributed by atoms with Crippen LogP contribution in [0.25, 0.3) is 0 Å². The molecule has 0 heterocycles. The van der Waals surface area contributed by atoms with Crippen molar-refractivity contribution < 1.29 is 29.3 Å². The normalized spacial score (nSPS) is 16.7. The van der Waals surface area contributed by atoms with Crippen molar-refractivity contribution in [1.82, 2.24) is 0 Å². The van der Waals surface area contributed by atoms with E-state index in [0.717, 1.165) is 0 Å². The smallest absolute Gasteiger partial charge is 0.339 e. The number of ether oxygens (including phenoxy) is 2. The standard InChI is InChI=1S/C16H30O6/c1-5-9-15(13(17)18,21-11-7-3)16(10-6-2,14(19)20)22-12-8-4/h5-12H2,1-4H3,(H,17,18)(H,19,20). The Balaban J connectivity index is 6.06. The van der Waals surface area contributed by atoms with Crippen LogP contribution in [-0.4, -0.2) is 46.6 Å². The molecule has 6 heteroatoms. The summed E-state index contributed by atoms with van der Waals surface area (Å²) in [5.41, 5.74) is -3.73. The van der Waals surface area contributed by atoms with Crippen molar-refractivity contribution in [2.45, 2.75) is 77.4 Å². The lowest BCUT2D eigenvalue weighted by Gasteiger charge is -2.44. The third-order valence-corrected chi connectivity index (χ3v) is 3.65. The summed E-state index contributed by atoms with van der Waals surface area (Å²) in [6.07, 6.45) is 2.38. The Bertz CT molecular complexity index is 323. The quantitative estimate of drug-likeness (QED) is 0.542. The molecule has 0 fully saturated rings. The Hall–Kier alpha value is -1.14. The summed E-state index contributed by atoms with van der Waals surface area (Å²) < 4.78 is 11.3. The summed E-state index contributed by atoms with van der Waals surface area (Å²) >= 11 is 0. The second kappa shape index (κ2) is 9.79. The first kappa shape index (κ1) is 20.9. The maximum atomic E-state index is 12.0. The summed E-state index contributed by atoms with van der Waals surface area (Å²) in [6, 6.07) is 0. The Morgan fingerprint density at radius 3 is 1.23 bits per heavy atom. The van der Waals surface area contributed by atoms with Crippen LogP contribution in [0, 0.1) is 0 Å². The second-order valence-electron chi connectivity index (χ2n) is 5.46. The molecule has 0 aliphatic carbocycles. The molecule has 0 aliphatic rings. The van der Waals surface area contributed by atoms with Crippen molar-refractivity contribution in [2.24, 2.45) is 0 Å². The minimum atomic E-state index is -1.87. The predicted octanol–water partition coefficient (Wildman–Crippen LogP) is 3.09. The molecule has 0 saturated heterocycles. The third kappa shape index (κ3) is 4.20. The van der Waals surface area contributed by atoms with E-state index in [1.807, 2.05) is 27.7 Å². The topological polar surface area (TPSA) is 93.1 Å². The SMILES string of the molecule is CCCOC(CCC)(C(=O)O)C(CCC)(OCCC)C(=O)O. The van der Waals surface area contributed by atoms with Gasteiger partial charge in [0.1, 0.15) is 0 Å². The van der Waals surface area contributed by atoms with Gasteiger partial charge in [-0.15, -0.1) is 0 Å². The highest BCUT2D eigenvalue weighted by Crippen LogP contribution is 2.39. The van der Waals surface area contributed by atoms with E-state index in [2.05, 4.69) is 0 Å². The number of hydrogen-bond acceptors (Lipinski definition) is 4. The minimum absolute atomic E-state index is 0.0956. The molecule has 2 N–H and O–H groups in total. The van der Waals surface area contributed by atoms with E-state index >= 15 is 0 Å². The van der Waals surface area contributed by atoms with E-state index in [-0.39, 0.29) is 26.1 Å². The zero-order chi connectivity index (χ0) is 17.2. The number of hydrogen-bond donors (Lipinski definition) is 2. The van der Waals surface area contributed by atoms with E-state index in [4.69, 9.17) is 9.47 Å². The van der Waals surface area contributed by atoms with E-state index in [1.165, 1.54) is 0 Å². The van der Waals surface area contributed by atoms with Gasteiger partial charge in [0.25, 0.3) is 0 Å². The van der Waals surface area contributed by atoms with Gasteiger partial charge in [-0.1, -0.05) is 40.5 Å². The van der Waals surface area contributed by atoms with Gasteiger partial charge in [0.15, 0.2) is 0 Å². The van der Waals surface area contributed by atoms with Crippen LogP contribution in [0.4, 0.5) is 0 Å². The lowest BCUT2D eigenvalue weighted by Crippen LogP contribution is -2.66. The summed E-state index contributed by atoms with van der Waals surface area (Å²) in [6.45, 7) is 7.69. The van der Waals surface area contributed by atoms with Crippen molar-refractivity contribution in [3.63, 3.8) is 0 Å². The summed E-state index contributed by atoms with van der Waals surface area (Å²) in [5.74, 6) is -2.54. The monoisotopic (exact) mass is 318 g/mol. The Labute approximate surface area is 132 Å². The summed E-state index contributed by atoms with van der Waals surface area (Å²) in [5, 5.41) is 19.6. The lowest BCUT2D eigenvalue weighted by molar-refractivity contribution is -0.235. The van der Waals surface area contributed by atoms with Crippen LogP contribution in [0.2, 0.25) is 0 Å². The highest BCUT2D eigenvalue weighted by atomic mass is 16.6. The molecule has 0 aliphatic heterocycles. The largest absolute Gasteiger partial charge is 0.479 e. The molecule has 0 radical (unpaired) electrons. The minimum Gasteiger partial charge on any atom is -0.479 e. The fourth-order valence-electron chi connectivity index (χ4n) is 2.72. The fraction of sp³-hybridized carbons (Fsp3) is 0.875. The molecule has 2 unspecified atom stereocenters. The van der Waals surface area contributed by atoms with Gasteiger partial charge in [0.2, 0.25) is 11.2 Å². The van der Waals surface area contributed by atoms with Gasteiger partial charge in [-0.2, -0.15) is 0 Å². The predicted molar refractivity (Wildman–Crippen MR) is 83.0 cm³/mol. The second-order valence-corrected chi connectivity index (χ2v) is 5.46. The molecule has 0 spiro atoms. The maximum Gasteiger partial charge on any atom is 0.339 e.